The smallest absolute Gasteiger partial charge is 0.166 e. The lowest BCUT2D eigenvalue weighted by Crippen LogP contribution is -2.17. The molecule has 0 atom stereocenters. The van der Waals surface area contributed by atoms with E-state index in [-0.39, 0.29) is 12.4 Å². The van der Waals surface area contributed by atoms with Gasteiger partial charge in [0.1, 0.15) is 6.61 Å². The maximum absolute atomic E-state index is 6.09. The number of hydrogen-bond donors (Lipinski definition) is 1. The molecule has 0 fully saturated rings. The lowest BCUT2D eigenvalue weighted by molar-refractivity contribution is 0.280. The Morgan fingerprint density at radius 2 is 1.45 bits per heavy atom. The second-order valence-electron chi connectivity index (χ2n) is 6.42. The molecule has 0 heterocycles. The summed E-state index contributed by atoms with van der Waals surface area (Å²) in [7, 11) is 1.65. The summed E-state index contributed by atoms with van der Waals surface area (Å²) < 4.78 is 11.6. The van der Waals surface area contributed by atoms with Crippen molar-refractivity contribution in [1.29, 1.82) is 0 Å². The molecule has 1 N–H and O–H groups in total. The summed E-state index contributed by atoms with van der Waals surface area (Å²) in [6, 6.07) is 21.5. The highest BCUT2D eigenvalue weighted by Crippen LogP contribution is 2.32. The molecular formula is C23H24Cl3NO2. The van der Waals surface area contributed by atoms with Gasteiger partial charge in [-0.2, -0.15) is 0 Å². The third-order valence-electron chi connectivity index (χ3n) is 4.40. The number of rotatable bonds is 9. The number of methoxy groups -OCH3 is 1. The Morgan fingerprint density at radius 1 is 0.828 bits per heavy atom. The minimum atomic E-state index is 0. The highest BCUT2D eigenvalue weighted by Gasteiger charge is 2.11. The van der Waals surface area contributed by atoms with Gasteiger partial charge in [0.05, 0.1) is 7.11 Å². The van der Waals surface area contributed by atoms with Crippen LogP contribution in [0.2, 0.25) is 10.0 Å². The van der Waals surface area contributed by atoms with Crippen LogP contribution < -0.4 is 14.8 Å². The van der Waals surface area contributed by atoms with Gasteiger partial charge in [0, 0.05) is 22.2 Å². The molecule has 0 aliphatic carbocycles. The van der Waals surface area contributed by atoms with Crippen LogP contribution in [0.3, 0.4) is 0 Å². The number of halogens is 3. The lowest BCUT2D eigenvalue weighted by atomic mass is 10.1. The van der Waals surface area contributed by atoms with Crippen LogP contribution in [-0.2, 0) is 19.6 Å². The van der Waals surface area contributed by atoms with Gasteiger partial charge in [-0.3, -0.25) is 0 Å². The molecule has 3 rings (SSSR count). The van der Waals surface area contributed by atoms with Crippen LogP contribution in [0.25, 0.3) is 0 Å². The van der Waals surface area contributed by atoms with E-state index in [2.05, 4.69) is 23.5 Å². The Morgan fingerprint density at radius 3 is 2.07 bits per heavy atom. The van der Waals surface area contributed by atoms with Crippen LogP contribution in [0.5, 0.6) is 11.5 Å². The third-order valence-corrected chi connectivity index (χ3v) is 4.90. The molecule has 0 radical (unpaired) electrons. The monoisotopic (exact) mass is 451 g/mol. The van der Waals surface area contributed by atoms with Gasteiger partial charge in [-0.05, 0) is 54.4 Å². The molecule has 6 heteroatoms. The van der Waals surface area contributed by atoms with E-state index >= 15 is 0 Å². The van der Waals surface area contributed by atoms with Crippen molar-refractivity contribution in [2.75, 3.05) is 13.7 Å². The molecule has 0 saturated heterocycles. The Balaban J connectivity index is 0.00000300. The molecule has 0 unspecified atom stereocenters. The highest BCUT2D eigenvalue weighted by molar-refractivity contribution is 6.30. The van der Waals surface area contributed by atoms with Crippen molar-refractivity contribution in [1.82, 2.24) is 5.32 Å². The summed E-state index contributed by atoms with van der Waals surface area (Å²) in [5, 5.41) is 4.95. The molecule has 0 aliphatic rings. The SMILES string of the molecule is COc1cccc(CNCCc2ccc(Cl)cc2)c1OCc1ccc(Cl)cc1.Cl. The molecule has 0 saturated carbocycles. The van der Waals surface area contributed by atoms with Crippen molar-refractivity contribution < 1.29 is 9.47 Å². The van der Waals surface area contributed by atoms with Crippen LogP contribution in [-0.4, -0.2) is 13.7 Å². The molecule has 3 aromatic rings. The average Bonchev–Trinajstić information content (AvgIpc) is 2.72. The van der Waals surface area contributed by atoms with Crippen molar-refractivity contribution in [3.63, 3.8) is 0 Å². The molecule has 0 spiro atoms. The van der Waals surface area contributed by atoms with Gasteiger partial charge in [0.15, 0.2) is 11.5 Å². The van der Waals surface area contributed by atoms with Gasteiger partial charge in [-0.15, -0.1) is 12.4 Å². The average molecular weight is 453 g/mol. The Kier molecular flexibility index (Phi) is 9.62. The maximum atomic E-state index is 6.09. The van der Waals surface area contributed by atoms with Gasteiger partial charge in [-0.25, -0.2) is 0 Å². The fourth-order valence-electron chi connectivity index (χ4n) is 2.87. The van der Waals surface area contributed by atoms with E-state index in [1.54, 1.807) is 7.11 Å². The predicted molar refractivity (Wildman–Crippen MR) is 123 cm³/mol. The Hall–Kier alpha value is -1.91. The number of hydrogen-bond acceptors (Lipinski definition) is 3. The first-order valence-corrected chi connectivity index (χ1v) is 9.89. The lowest BCUT2D eigenvalue weighted by Gasteiger charge is -2.16. The summed E-state index contributed by atoms with van der Waals surface area (Å²) in [6.45, 7) is 2.01. The van der Waals surface area contributed by atoms with E-state index in [1.807, 2.05) is 48.5 Å². The first-order valence-electron chi connectivity index (χ1n) is 9.14. The van der Waals surface area contributed by atoms with Crippen molar-refractivity contribution in [2.24, 2.45) is 0 Å². The summed E-state index contributed by atoms with van der Waals surface area (Å²) in [5.41, 5.74) is 3.36. The van der Waals surface area contributed by atoms with E-state index in [4.69, 9.17) is 32.7 Å². The number of benzene rings is 3. The first-order chi connectivity index (χ1) is 13.7. The van der Waals surface area contributed by atoms with Gasteiger partial charge in [-0.1, -0.05) is 59.6 Å². The minimum Gasteiger partial charge on any atom is -0.493 e. The van der Waals surface area contributed by atoms with Gasteiger partial charge >= 0.3 is 0 Å². The molecule has 154 valence electrons. The molecule has 0 bridgehead atoms. The van der Waals surface area contributed by atoms with Gasteiger partial charge < -0.3 is 14.8 Å². The summed E-state index contributed by atoms with van der Waals surface area (Å²) in [6.07, 6.45) is 0.933. The minimum absolute atomic E-state index is 0. The maximum Gasteiger partial charge on any atom is 0.166 e. The fourth-order valence-corrected chi connectivity index (χ4v) is 3.12. The number of ether oxygens (including phenoxy) is 2. The molecular weight excluding hydrogens is 429 g/mol. The van der Waals surface area contributed by atoms with Gasteiger partial charge in [0.2, 0.25) is 0 Å². The molecule has 29 heavy (non-hydrogen) atoms. The molecule has 0 aliphatic heterocycles. The first kappa shape index (κ1) is 23.4. The third kappa shape index (κ3) is 7.13. The van der Waals surface area contributed by atoms with Crippen LogP contribution in [0.4, 0.5) is 0 Å². The molecule has 0 amide bonds. The second kappa shape index (κ2) is 11.9. The van der Waals surface area contributed by atoms with E-state index in [0.717, 1.165) is 40.6 Å². The molecule has 3 nitrogen and oxygen atoms in total. The predicted octanol–water partition coefficient (Wildman–Crippen LogP) is 6.34. The Labute approximate surface area is 188 Å². The van der Waals surface area contributed by atoms with Gasteiger partial charge in [0.25, 0.3) is 0 Å². The fraction of sp³-hybridized carbons (Fsp3) is 0.217. The zero-order valence-electron chi connectivity index (χ0n) is 16.2. The summed E-state index contributed by atoms with van der Waals surface area (Å²) >= 11 is 11.9. The second-order valence-corrected chi connectivity index (χ2v) is 7.29. The van der Waals surface area contributed by atoms with Crippen molar-refractivity contribution >= 4 is 35.6 Å². The van der Waals surface area contributed by atoms with Crippen LogP contribution in [0.1, 0.15) is 16.7 Å². The van der Waals surface area contributed by atoms with Crippen molar-refractivity contribution in [2.45, 2.75) is 19.6 Å². The number of para-hydroxylation sites is 1. The largest absolute Gasteiger partial charge is 0.493 e. The van der Waals surface area contributed by atoms with Crippen LogP contribution >= 0.6 is 35.6 Å². The normalized spacial score (nSPS) is 10.3. The summed E-state index contributed by atoms with van der Waals surface area (Å²) in [5.74, 6) is 1.49. The zero-order chi connectivity index (χ0) is 19.8. The van der Waals surface area contributed by atoms with E-state index in [1.165, 1.54) is 5.56 Å². The highest BCUT2D eigenvalue weighted by atomic mass is 35.5. The topological polar surface area (TPSA) is 30.5 Å². The molecule has 0 aromatic heterocycles. The van der Waals surface area contributed by atoms with Crippen molar-refractivity contribution in [3.05, 3.63) is 93.5 Å². The van der Waals surface area contributed by atoms with E-state index < -0.39 is 0 Å². The number of nitrogens with one attached hydrogen (secondary N) is 1. The van der Waals surface area contributed by atoms with E-state index in [0.29, 0.717) is 18.2 Å². The van der Waals surface area contributed by atoms with Crippen LogP contribution in [0.15, 0.2) is 66.7 Å². The standard InChI is InChI=1S/C23H23Cl2NO2.ClH/c1-27-22-4-2-3-19(15-26-14-13-17-5-9-20(24)10-6-17)23(22)28-16-18-7-11-21(25)12-8-18;/h2-12,26H,13-16H2,1H3;1H. The summed E-state index contributed by atoms with van der Waals surface area (Å²) in [4.78, 5) is 0. The quantitative estimate of drug-likeness (QED) is 0.384. The molecule has 3 aromatic carbocycles. The van der Waals surface area contributed by atoms with Crippen LogP contribution in [0, 0.1) is 0 Å². The van der Waals surface area contributed by atoms with E-state index in [9.17, 15) is 0 Å². The Bertz CT molecular complexity index is 884. The van der Waals surface area contributed by atoms with Crippen molar-refractivity contribution in [3.8, 4) is 11.5 Å². The zero-order valence-corrected chi connectivity index (χ0v) is 18.5.